The van der Waals surface area contributed by atoms with E-state index in [1.165, 1.54) is 15.6 Å². The van der Waals surface area contributed by atoms with Gasteiger partial charge in [-0.15, -0.1) is 11.3 Å². The van der Waals surface area contributed by atoms with E-state index < -0.39 is 10.0 Å². The highest BCUT2D eigenvalue weighted by Gasteiger charge is 2.26. The quantitative estimate of drug-likeness (QED) is 0.768. The smallest absolute Gasteiger partial charge is 0.238 e. The fraction of sp³-hybridized carbons (Fsp3) is 0.625. The van der Waals surface area contributed by atoms with Gasteiger partial charge in [0.25, 0.3) is 0 Å². The average Bonchev–Trinajstić information content (AvgIpc) is 2.55. The Bertz CT molecular complexity index is 440. The Kier molecular flexibility index (Phi) is 3.06. The van der Waals surface area contributed by atoms with Crippen LogP contribution in [0.25, 0.3) is 0 Å². The maximum absolute atomic E-state index is 11.6. The van der Waals surface area contributed by atoms with Crippen LogP contribution in [-0.4, -0.2) is 36.8 Å². The second-order valence-corrected chi connectivity index (χ2v) is 6.31. The van der Waals surface area contributed by atoms with Crippen molar-refractivity contribution in [3.8, 4) is 0 Å². The van der Waals surface area contributed by atoms with Gasteiger partial charge in [0.2, 0.25) is 10.0 Å². The van der Waals surface area contributed by atoms with Crippen molar-refractivity contribution in [2.24, 2.45) is 0 Å². The second-order valence-electron chi connectivity index (χ2n) is 3.33. The maximum atomic E-state index is 11.6. The first-order valence-electron chi connectivity index (χ1n) is 4.54. The average molecular weight is 248 g/mol. The summed E-state index contributed by atoms with van der Waals surface area (Å²) in [7, 11) is -3.24. The number of rotatable bonds is 2. The minimum atomic E-state index is -3.24. The normalized spacial score (nSPS) is 21.7. The molecule has 0 N–H and O–H groups in total. The van der Waals surface area contributed by atoms with E-state index in [4.69, 9.17) is 4.74 Å². The number of thiazole rings is 1. The first-order chi connectivity index (χ1) is 7.08. The highest BCUT2D eigenvalue weighted by Crippen LogP contribution is 2.15. The highest BCUT2D eigenvalue weighted by molar-refractivity contribution is 7.88. The van der Waals surface area contributed by atoms with E-state index in [0.29, 0.717) is 19.7 Å². The number of nitrogens with zero attached hydrogens (tertiary/aromatic N) is 2. The number of hydrogen-bond donors (Lipinski definition) is 0. The topological polar surface area (TPSA) is 59.5 Å². The summed E-state index contributed by atoms with van der Waals surface area (Å²) >= 11 is 1.53. The molecule has 1 aliphatic rings. The summed E-state index contributed by atoms with van der Waals surface area (Å²) in [4.78, 5) is 4.24. The van der Waals surface area contributed by atoms with Crippen molar-refractivity contribution >= 4 is 21.4 Å². The Hall–Kier alpha value is -0.500. The molecule has 2 heterocycles. The molecule has 1 aromatic rings. The molecular weight excluding hydrogens is 236 g/mol. The Morgan fingerprint density at radius 3 is 3.07 bits per heavy atom. The molecule has 0 aromatic carbocycles. The predicted octanol–water partition coefficient (Wildman–Crippen LogP) is 0.571. The van der Waals surface area contributed by atoms with Crippen LogP contribution < -0.4 is 0 Å². The van der Waals surface area contributed by atoms with Gasteiger partial charge in [0.05, 0.1) is 23.9 Å². The molecule has 0 aliphatic carbocycles. The van der Waals surface area contributed by atoms with E-state index in [9.17, 15) is 8.42 Å². The summed E-state index contributed by atoms with van der Waals surface area (Å²) in [6, 6.07) is 0. The van der Waals surface area contributed by atoms with Crippen molar-refractivity contribution in [2.45, 2.75) is 13.5 Å². The molecule has 1 fully saturated rings. The zero-order chi connectivity index (χ0) is 10.9. The number of sulfonamides is 1. The van der Waals surface area contributed by atoms with Crippen LogP contribution in [0.3, 0.4) is 0 Å². The lowest BCUT2D eigenvalue weighted by atomic mass is 10.5. The van der Waals surface area contributed by atoms with Crippen molar-refractivity contribution in [2.75, 3.05) is 19.1 Å². The Morgan fingerprint density at radius 2 is 2.47 bits per heavy atom. The van der Waals surface area contributed by atoms with Gasteiger partial charge in [-0.25, -0.2) is 13.4 Å². The van der Waals surface area contributed by atoms with Gasteiger partial charge in [-0.2, -0.15) is 4.31 Å². The lowest BCUT2D eigenvalue weighted by Crippen LogP contribution is -2.40. The lowest BCUT2D eigenvalue weighted by molar-refractivity contribution is 0.130. The van der Waals surface area contributed by atoms with Gasteiger partial charge >= 0.3 is 0 Å². The van der Waals surface area contributed by atoms with Gasteiger partial charge in [-0.1, -0.05) is 0 Å². The van der Waals surface area contributed by atoms with E-state index >= 15 is 0 Å². The molecule has 0 radical (unpaired) electrons. The minimum absolute atomic E-state index is 0.212. The van der Waals surface area contributed by atoms with Crippen LogP contribution >= 0.6 is 11.3 Å². The molecule has 5 nitrogen and oxygen atoms in total. The minimum Gasteiger partial charge on any atom is -0.363 e. The molecule has 1 aliphatic heterocycles. The van der Waals surface area contributed by atoms with E-state index in [0.717, 1.165) is 10.7 Å². The number of hydrogen-bond acceptors (Lipinski definition) is 5. The van der Waals surface area contributed by atoms with Gasteiger partial charge in [0.1, 0.15) is 0 Å². The van der Waals surface area contributed by atoms with Crippen LogP contribution in [0.4, 0.5) is 0 Å². The first kappa shape index (κ1) is 11.0. The SMILES string of the molecule is Cc1nc(CN2CCOCS2(=O)=O)cs1. The maximum Gasteiger partial charge on any atom is 0.238 e. The highest BCUT2D eigenvalue weighted by atomic mass is 32.2. The molecule has 0 amide bonds. The fourth-order valence-electron chi connectivity index (χ4n) is 1.38. The van der Waals surface area contributed by atoms with Crippen LogP contribution in [0.1, 0.15) is 10.7 Å². The molecule has 0 bridgehead atoms. The summed E-state index contributed by atoms with van der Waals surface area (Å²) in [6.45, 7) is 3.14. The third kappa shape index (κ3) is 2.54. The van der Waals surface area contributed by atoms with Crippen LogP contribution in [0, 0.1) is 6.92 Å². The molecule has 1 aromatic heterocycles. The van der Waals surface area contributed by atoms with Gasteiger partial charge in [-0.05, 0) is 6.92 Å². The Morgan fingerprint density at radius 1 is 1.67 bits per heavy atom. The van der Waals surface area contributed by atoms with Gasteiger partial charge in [0.15, 0.2) is 5.94 Å². The molecule has 84 valence electrons. The van der Waals surface area contributed by atoms with Crippen molar-refractivity contribution < 1.29 is 13.2 Å². The molecule has 0 unspecified atom stereocenters. The van der Waals surface area contributed by atoms with Crippen LogP contribution in [0.15, 0.2) is 5.38 Å². The van der Waals surface area contributed by atoms with Gasteiger partial charge in [0, 0.05) is 11.9 Å². The number of aromatic nitrogens is 1. The molecule has 7 heteroatoms. The van der Waals surface area contributed by atoms with E-state index in [2.05, 4.69) is 4.98 Å². The summed E-state index contributed by atoms with van der Waals surface area (Å²) in [6.07, 6.45) is 0. The second kappa shape index (κ2) is 4.17. The Balaban J connectivity index is 2.11. The largest absolute Gasteiger partial charge is 0.363 e. The summed E-state index contributed by atoms with van der Waals surface area (Å²) in [5.41, 5.74) is 0.808. The molecule has 0 atom stereocenters. The predicted molar refractivity (Wildman–Crippen MR) is 57.0 cm³/mol. The summed E-state index contributed by atoms with van der Waals surface area (Å²) < 4.78 is 29.5. The van der Waals surface area contributed by atoms with Crippen molar-refractivity contribution in [3.05, 3.63) is 16.1 Å². The molecular formula is C8H12N2O3S2. The molecule has 1 saturated heterocycles. The molecule has 15 heavy (non-hydrogen) atoms. The molecule has 2 rings (SSSR count). The lowest BCUT2D eigenvalue weighted by Gasteiger charge is -2.25. The molecule has 0 spiro atoms. The van der Waals surface area contributed by atoms with Crippen LogP contribution in [0.2, 0.25) is 0 Å². The summed E-state index contributed by atoms with van der Waals surface area (Å²) in [5, 5.41) is 2.84. The van der Waals surface area contributed by atoms with E-state index in [-0.39, 0.29) is 5.94 Å². The standard InChI is InChI=1S/C8H12N2O3S2/c1-7-9-8(5-14-7)4-10-2-3-13-6-15(10,11)12/h5H,2-4,6H2,1H3. The van der Waals surface area contributed by atoms with Gasteiger partial charge < -0.3 is 4.74 Å². The van der Waals surface area contributed by atoms with Gasteiger partial charge in [-0.3, -0.25) is 0 Å². The van der Waals surface area contributed by atoms with E-state index in [1.807, 2.05) is 12.3 Å². The number of aryl methyl sites for hydroxylation is 1. The zero-order valence-corrected chi connectivity index (χ0v) is 9.97. The van der Waals surface area contributed by atoms with Crippen LogP contribution in [-0.2, 0) is 21.3 Å². The summed E-state index contributed by atoms with van der Waals surface area (Å²) in [5.74, 6) is -0.212. The van der Waals surface area contributed by atoms with Crippen molar-refractivity contribution in [1.29, 1.82) is 0 Å². The molecule has 0 saturated carbocycles. The first-order valence-corrected chi connectivity index (χ1v) is 7.03. The van der Waals surface area contributed by atoms with Crippen molar-refractivity contribution in [3.63, 3.8) is 0 Å². The third-order valence-electron chi connectivity index (χ3n) is 2.12. The Labute approximate surface area is 92.7 Å². The van der Waals surface area contributed by atoms with Crippen molar-refractivity contribution in [1.82, 2.24) is 9.29 Å². The third-order valence-corrected chi connectivity index (χ3v) is 4.50. The number of ether oxygens (including phenoxy) is 1. The fourth-order valence-corrected chi connectivity index (χ4v) is 3.15. The van der Waals surface area contributed by atoms with Crippen LogP contribution in [0.5, 0.6) is 0 Å². The zero-order valence-electron chi connectivity index (χ0n) is 8.34. The van der Waals surface area contributed by atoms with E-state index in [1.54, 1.807) is 0 Å². The monoisotopic (exact) mass is 248 g/mol.